The van der Waals surface area contributed by atoms with Crippen molar-refractivity contribution in [3.8, 4) is 0 Å². The van der Waals surface area contributed by atoms with Crippen LogP contribution < -0.4 is 10.9 Å². The average molecular weight is 464 g/mol. The number of fused-ring (bicyclic) bond motifs is 2. The van der Waals surface area contributed by atoms with Crippen molar-refractivity contribution in [2.75, 3.05) is 11.9 Å². The van der Waals surface area contributed by atoms with Gasteiger partial charge in [-0.3, -0.25) is 4.79 Å². The Balaban J connectivity index is 1.62. The number of hydrogen-bond donors (Lipinski definition) is 3. The summed E-state index contributed by atoms with van der Waals surface area (Å²) >= 11 is 0. The minimum absolute atomic E-state index is 0.327. The monoisotopic (exact) mass is 464 g/mol. The average Bonchev–Trinajstić information content (AvgIpc) is 3.15. The number of nitrogens with one attached hydrogen (secondary N) is 2. The van der Waals surface area contributed by atoms with E-state index in [0.29, 0.717) is 46.3 Å². The maximum Gasteiger partial charge on any atom is 0.418 e. The van der Waals surface area contributed by atoms with E-state index < -0.39 is 36.0 Å². The fourth-order valence-electron chi connectivity index (χ4n) is 4.61. The summed E-state index contributed by atoms with van der Waals surface area (Å²) in [5.41, 5.74) is -2.42. The van der Waals surface area contributed by atoms with E-state index in [-0.39, 0.29) is 5.56 Å². The van der Waals surface area contributed by atoms with E-state index in [2.05, 4.69) is 10.3 Å². The van der Waals surface area contributed by atoms with E-state index in [0.717, 1.165) is 6.26 Å². The van der Waals surface area contributed by atoms with Crippen LogP contribution in [0.2, 0.25) is 0 Å². The highest BCUT2D eigenvalue weighted by Gasteiger charge is 2.56. The largest absolute Gasteiger partial charge is 0.462 e. The lowest BCUT2D eigenvalue weighted by molar-refractivity contribution is -0.262. The number of rotatable bonds is 6. The van der Waals surface area contributed by atoms with Crippen LogP contribution in [0.4, 0.5) is 23.2 Å². The Morgan fingerprint density at radius 1 is 1.15 bits per heavy atom. The first-order chi connectivity index (χ1) is 15.4. The molecule has 2 aromatic rings. The van der Waals surface area contributed by atoms with E-state index in [1.807, 2.05) is 0 Å². The summed E-state index contributed by atoms with van der Waals surface area (Å²) in [6.07, 6.45) is -2.40. The van der Waals surface area contributed by atoms with Gasteiger partial charge in [-0.1, -0.05) is 19.9 Å². The molecule has 1 aliphatic carbocycles. The zero-order valence-electron chi connectivity index (χ0n) is 18.1. The molecule has 176 valence electrons. The summed E-state index contributed by atoms with van der Waals surface area (Å²) in [4.78, 5) is 14.2. The molecule has 0 bridgehead atoms. The zero-order valence-corrected chi connectivity index (χ0v) is 18.1. The number of benzene rings is 1. The molecule has 2 heterocycles. The van der Waals surface area contributed by atoms with Crippen LogP contribution >= 0.6 is 0 Å². The highest BCUT2D eigenvalue weighted by Crippen LogP contribution is 2.50. The molecule has 1 aromatic carbocycles. The maximum atomic E-state index is 14.1. The van der Waals surface area contributed by atoms with Gasteiger partial charge in [0.2, 0.25) is 5.56 Å². The Morgan fingerprint density at radius 2 is 1.91 bits per heavy atom. The molecule has 0 amide bonds. The molecule has 0 fully saturated rings. The Hall–Kier alpha value is -3.07. The number of aliphatic hydroxyl groups is 1. The van der Waals surface area contributed by atoms with Crippen LogP contribution in [0.5, 0.6) is 0 Å². The number of aromatic nitrogens is 1. The van der Waals surface area contributed by atoms with Crippen molar-refractivity contribution >= 4 is 16.6 Å². The third kappa shape index (κ3) is 4.42. The van der Waals surface area contributed by atoms with E-state index in [1.165, 1.54) is 18.2 Å². The van der Waals surface area contributed by atoms with Crippen LogP contribution in [0.3, 0.4) is 0 Å². The highest BCUT2D eigenvalue weighted by atomic mass is 19.4. The molecule has 5 nitrogen and oxygen atoms in total. The Labute approximate surface area is 187 Å². The van der Waals surface area contributed by atoms with Crippen molar-refractivity contribution in [3.05, 3.63) is 75.8 Å². The van der Waals surface area contributed by atoms with Crippen molar-refractivity contribution < 1.29 is 27.4 Å². The second kappa shape index (κ2) is 8.06. The molecule has 0 saturated carbocycles. The molecule has 1 aliphatic heterocycles. The number of anilines is 1. The molecule has 33 heavy (non-hydrogen) atoms. The summed E-state index contributed by atoms with van der Waals surface area (Å²) in [5.74, 6) is -0.155. The molecular formula is C24H24F4N2O3. The molecule has 0 saturated heterocycles. The predicted octanol–water partition coefficient (Wildman–Crippen LogP) is 5.47. The van der Waals surface area contributed by atoms with Crippen LogP contribution in [0, 0.1) is 5.41 Å². The van der Waals surface area contributed by atoms with Crippen LogP contribution in [0.25, 0.3) is 10.9 Å². The minimum atomic E-state index is -4.92. The summed E-state index contributed by atoms with van der Waals surface area (Å²) in [7, 11) is 0. The molecule has 9 heteroatoms. The first kappa shape index (κ1) is 23.1. The smallest absolute Gasteiger partial charge is 0.418 e. The van der Waals surface area contributed by atoms with Gasteiger partial charge in [0.25, 0.3) is 0 Å². The second-order valence-corrected chi connectivity index (χ2v) is 9.13. The molecule has 1 unspecified atom stereocenters. The van der Waals surface area contributed by atoms with Gasteiger partial charge in [-0.25, -0.2) is 4.39 Å². The number of H-pyrrole nitrogens is 1. The van der Waals surface area contributed by atoms with E-state index in [1.54, 1.807) is 32.0 Å². The number of pyridine rings is 1. The van der Waals surface area contributed by atoms with Gasteiger partial charge in [0.15, 0.2) is 11.4 Å². The van der Waals surface area contributed by atoms with Crippen molar-refractivity contribution in [1.29, 1.82) is 0 Å². The molecule has 3 N–H and O–H groups in total. The lowest BCUT2D eigenvalue weighted by Gasteiger charge is -2.39. The molecule has 0 radical (unpaired) electrons. The standard InChI is InChI=1S/C24H24F4N2O3/c1-22(2,17-8-6-14-10-15(25)11-33-21(14)17)12-23(32,24(26,27)28)13-29-18-4-3-5-19-16(18)7-9-20(31)30-19/h3-5,7,9-11,29,32H,6,8,12-13H2,1-2H3,(H,30,31). The number of aromatic amines is 1. The van der Waals surface area contributed by atoms with Crippen LogP contribution in [0.15, 0.2) is 70.2 Å². The van der Waals surface area contributed by atoms with Gasteiger partial charge in [0.1, 0.15) is 12.0 Å². The third-order valence-corrected chi connectivity index (χ3v) is 6.23. The summed E-state index contributed by atoms with van der Waals surface area (Å²) in [5, 5.41) is 14.1. The normalized spacial score (nSPS) is 18.4. The Bertz CT molecular complexity index is 1240. The molecule has 1 aromatic heterocycles. The summed E-state index contributed by atoms with van der Waals surface area (Å²) in [6, 6.07) is 7.62. The van der Waals surface area contributed by atoms with Gasteiger partial charge in [-0.2, -0.15) is 13.2 Å². The van der Waals surface area contributed by atoms with Crippen molar-refractivity contribution in [3.63, 3.8) is 0 Å². The second-order valence-electron chi connectivity index (χ2n) is 9.13. The fourth-order valence-corrected chi connectivity index (χ4v) is 4.61. The molecule has 1 atom stereocenters. The predicted molar refractivity (Wildman–Crippen MR) is 117 cm³/mol. The fraction of sp³-hybridized carbons (Fsp3) is 0.375. The maximum absolute atomic E-state index is 14.1. The number of halogens is 4. The van der Waals surface area contributed by atoms with Gasteiger partial charge < -0.3 is 20.1 Å². The number of allylic oxidation sites excluding steroid dienone is 4. The van der Waals surface area contributed by atoms with E-state index in [4.69, 9.17) is 4.74 Å². The SMILES string of the molecule is CC(C)(CC(O)(CNc1cccc2[nH]c(=O)ccc12)C(F)(F)F)C1=C2OC=C(F)C=C2CC1. The number of ether oxygens (including phenoxy) is 1. The lowest BCUT2D eigenvalue weighted by atomic mass is 9.73. The lowest BCUT2D eigenvalue weighted by Crippen LogP contribution is -2.53. The van der Waals surface area contributed by atoms with Crippen molar-refractivity contribution in [1.82, 2.24) is 4.98 Å². The van der Waals surface area contributed by atoms with E-state index >= 15 is 0 Å². The first-order valence-electron chi connectivity index (χ1n) is 10.5. The van der Waals surface area contributed by atoms with Gasteiger partial charge in [-0.15, -0.1) is 0 Å². The molecule has 2 aliphatic rings. The summed E-state index contributed by atoms with van der Waals surface area (Å²) in [6.45, 7) is 2.45. The topological polar surface area (TPSA) is 74.4 Å². The number of hydrogen-bond acceptors (Lipinski definition) is 4. The third-order valence-electron chi connectivity index (χ3n) is 6.23. The summed E-state index contributed by atoms with van der Waals surface area (Å²) < 4.78 is 61.2. The first-order valence-corrected chi connectivity index (χ1v) is 10.5. The van der Waals surface area contributed by atoms with E-state index in [9.17, 15) is 27.5 Å². The molecule has 4 rings (SSSR count). The van der Waals surface area contributed by atoms with Crippen LogP contribution in [-0.2, 0) is 4.74 Å². The van der Waals surface area contributed by atoms with Gasteiger partial charge >= 0.3 is 6.18 Å². The Morgan fingerprint density at radius 3 is 2.64 bits per heavy atom. The van der Waals surface area contributed by atoms with Crippen LogP contribution in [0.1, 0.15) is 33.1 Å². The van der Waals surface area contributed by atoms with Crippen molar-refractivity contribution in [2.45, 2.75) is 44.9 Å². The quantitative estimate of drug-likeness (QED) is 0.496. The minimum Gasteiger partial charge on any atom is -0.462 e. The molecule has 0 spiro atoms. The van der Waals surface area contributed by atoms with Gasteiger partial charge in [0, 0.05) is 17.1 Å². The van der Waals surface area contributed by atoms with Gasteiger partial charge in [0.05, 0.1) is 12.1 Å². The van der Waals surface area contributed by atoms with Gasteiger partial charge in [-0.05, 0) is 60.1 Å². The van der Waals surface area contributed by atoms with Crippen LogP contribution in [-0.4, -0.2) is 28.4 Å². The molecular weight excluding hydrogens is 440 g/mol. The number of alkyl halides is 3. The zero-order chi connectivity index (χ0) is 24.0. The highest BCUT2D eigenvalue weighted by molar-refractivity contribution is 5.91. The Kier molecular flexibility index (Phi) is 5.64. The van der Waals surface area contributed by atoms with Crippen molar-refractivity contribution in [2.24, 2.45) is 5.41 Å².